The Hall–Kier alpha value is -2.77. The predicted molar refractivity (Wildman–Crippen MR) is 72.4 cm³/mol. The Morgan fingerprint density at radius 2 is 2.14 bits per heavy atom. The fourth-order valence-corrected chi connectivity index (χ4v) is 2.37. The van der Waals surface area contributed by atoms with Crippen LogP contribution in [-0.4, -0.2) is 21.9 Å². The number of carbonyl (C=O) groups excluding carboxylic acids is 1. The molecule has 1 fully saturated rings. The Kier molecular flexibility index (Phi) is 3.36. The lowest BCUT2D eigenvalue weighted by Gasteiger charge is -2.04. The molecule has 1 aromatic carbocycles. The number of nitrogens with zero attached hydrogens (tertiary/aromatic N) is 1. The molecule has 22 heavy (non-hydrogen) atoms. The second-order valence-corrected chi connectivity index (χ2v) is 5.12. The molecule has 0 radical (unpaired) electrons. The summed E-state index contributed by atoms with van der Waals surface area (Å²) in [7, 11) is 0. The fourth-order valence-electron chi connectivity index (χ4n) is 2.37. The monoisotopic (exact) mass is 307 g/mol. The highest BCUT2D eigenvalue weighted by Gasteiger charge is 2.41. The van der Waals surface area contributed by atoms with Crippen molar-refractivity contribution in [2.45, 2.75) is 18.4 Å². The van der Waals surface area contributed by atoms with Crippen LogP contribution in [0.5, 0.6) is 0 Å². The maximum atomic E-state index is 13.6. The lowest BCUT2D eigenvalue weighted by Crippen LogP contribution is -2.26. The topological polar surface area (TPSA) is 88.0 Å². The van der Waals surface area contributed by atoms with Crippen molar-refractivity contribution >= 4 is 11.6 Å². The van der Waals surface area contributed by atoms with Crippen LogP contribution in [0.15, 0.2) is 30.5 Å². The van der Waals surface area contributed by atoms with Crippen LogP contribution >= 0.6 is 0 Å². The number of hydrogen-bond donors (Lipinski definition) is 2. The standard InChI is InChI=1S/C14H11F2N3O3/c15-7-1-2-9(11(16)3-7)10-5-12(10)18-14(20)13-4-8(6-17-13)19(21)22/h1-4,6,10,12,17H,5H2,(H,18,20)/t10-,12-/m0/s1. The summed E-state index contributed by atoms with van der Waals surface area (Å²) in [4.78, 5) is 24.4. The number of carbonyl (C=O) groups is 1. The minimum absolute atomic E-state index is 0.0666. The first-order chi connectivity index (χ1) is 10.5. The molecule has 0 spiro atoms. The van der Waals surface area contributed by atoms with E-state index in [1.807, 2.05) is 0 Å². The van der Waals surface area contributed by atoms with Gasteiger partial charge in [-0.3, -0.25) is 14.9 Å². The van der Waals surface area contributed by atoms with Gasteiger partial charge in [0.2, 0.25) is 0 Å². The fraction of sp³-hybridized carbons (Fsp3) is 0.214. The van der Waals surface area contributed by atoms with Gasteiger partial charge in [-0.2, -0.15) is 0 Å². The summed E-state index contributed by atoms with van der Waals surface area (Å²) < 4.78 is 26.5. The molecule has 0 saturated heterocycles. The Morgan fingerprint density at radius 1 is 1.36 bits per heavy atom. The first-order valence-electron chi connectivity index (χ1n) is 6.54. The third-order valence-electron chi connectivity index (χ3n) is 3.59. The van der Waals surface area contributed by atoms with Crippen molar-refractivity contribution in [2.75, 3.05) is 0 Å². The molecule has 8 heteroatoms. The van der Waals surface area contributed by atoms with Crippen LogP contribution in [-0.2, 0) is 0 Å². The van der Waals surface area contributed by atoms with Crippen molar-refractivity contribution in [3.8, 4) is 0 Å². The molecule has 6 nitrogen and oxygen atoms in total. The van der Waals surface area contributed by atoms with Crippen molar-refractivity contribution < 1.29 is 18.5 Å². The highest BCUT2D eigenvalue weighted by atomic mass is 19.1. The quantitative estimate of drug-likeness (QED) is 0.672. The molecule has 0 unspecified atom stereocenters. The van der Waals surface area contributed by atoms with Crippen LogP contribution < -0.4 is 5.32 Å². The number of hydrogen-bond acceptors (Lipinski definition) is 3. The summed E-state index contributed by atoms with van der Waals surface area (Å²) in [6.07, 6.45) is 1.66. The maximum absolute atomic E-state index is 13.6. The Balaban J connectivity index is 1.65. The van der Waals surface area contributed by atoms with Gasteiger partial charge in [-0.15, -0.1) is 0 Å². The van der Waals surface area contributed by atoms with E-state index in [-0.39, 0.29) is 23.3 Å². The summed E-state index contributed by atoms with van der Waals surface area (Å²) in [6.45, 7) is 0. The Labute approximate surface area is 123 Å². The zero-order valence-electron chi connectivity index (χ0n) is 11.2. The zero-order valence-corrected chi connectivity index (χ0v) is 11.2. The van der Waals surface area contributed by atoms with E-state index in [0.29, 0.717) is 12.0 Å². The molecule has 1 aliphatic carbocycles. The first kappa shape index (κ1) is 14.2. The van der Waals surface area contributed by atoms with E-state index in [9.17, 15) is 23.7 Å². The van der Waals surface area contributed by atoms with E-state index in [2.05, 4.69) is 10.3 Å². The van der Waals surface area contributed by atoms with Crippen LogP contribution in [0.1, 0.15) is 28.4 Å². The molecule has 114 valence electrons. The molecule has 1 amide bonds. The SMILES string of the molecule is O=C(N[C@H]1C[C@H]1c1ccc(F)cc1F)c1cc([N+](=O)[O-])c[nH]1. The number of nitro groups is 1. The molecule has 1 saturated carbocycles. The summed E-state index contributed by atoms with van der Waals surface area (Å²) in [5.41, 5.74) is 0.211. The van der Waals surface area contributed by atoms with Crippen molar-refractivity contribution in [3.05, 3.63) is 63.5 Å². The summed E-state index contributed by atoms with van der Waals surface area (Å²) >= 11 is 0. The number of amides is 1. The molecule has 0 bridgehead atoms. The minimum Gasteiger partial charge on any atom is -0.351 e. The van der Waals surface area contributed by atoms with E-state index >= 15 is 0 Å². The zero-order chi connectivity index (χ0) is 15.9. The van der Waals surface area contributed by atoms with Crippen LogP contribution in [0.2, 0.25) is 0 Å². The molecule has 2 N–H and O–H groups in total. The molecule has 2 aromatic rings. The lowest BCUT2D eigenvalue weighted by atomic mass is 10.1. The van der Waals surface area contributed by atoms with Gasteiger partial charge in [-0.05, 0) is 18.1 Å². The average Bonchev–Trinajstić information content (AvgIpc) is 3.02. The van der Waals surface area contributed by atoms with Gasteiger partial charge in [0, 0.05) is 24.1 Å². The number of aromatic nitrogens is 1. The van der Waals surface area contributed by atoms with E-state index in [0.717, 1.165) is 18.3 Å². The van der Waals surface area contributed by atoms with E-state index in [1.165, 1.54) is 12.1 Å². The minimum atomic E-state index is -0.652. The molecular formula is C14H11F2N3O3. The van der Waals surface area contributed by atoms with Gasteiger partial charge in [0.25, 0.3) is 11.6 Å². The van der Waals surface area contributed by atoms with Gasteiger partial charge < -0.3 is 10.3 Å². The molecule has 3 rings (SSSR count). The van der Waals surface area contributed by atoms with Gasteiger partial charge in [0.15, 0.2) is 0 Å². The molecule has 1 aromatic heterocycles. The number of aromatic amines is 1. The van der Waals surface area contributed by atoms with Gasteiger partial charge in [-0.1, -0.05) is 6.07 Å². The van der Waals surface area contributed by atoms with Crippen molar-refractivity contribution in [3.63, 3.8) is 0 Å². The van der Waals surface area contributed by atoms with Crippen LogP contribution in [0.25, 0.3) is 0 Å². The molecular weight excluding hydrogens is 296 g/mol. The first-order valence-corrected chi connectivity index (χ1v) is 6.54. The summed E-state index contributed by atoms with van der Waals surface area (Å²) in [5.74, 6) is -2.00. The van der Waals surface area contributed by atoms with E-state index in [4.69, 9.17) is 0 Å². The lowest BCUT2D eigenvalue weighted by molar-refractivity contribution is -0.384. The molecule has 1 heterocycles. The van der Waals surface area contributed by atoms with Crippen LogP contribution in [0, 0.1) is 21.7 Å². The smallest absolute Gasteiger partial charge is 0.287 e. The highest BCUT2D eigenvalue weighted by molar-refractivity contribution is 5.93. The summed E-state index contributed by atoms with van der Waals surface area (Å²) in [6, 6.07) is 4.20. The third-order valence-corrected chi connectivity index (χ3v) is 3.59. The second-order valence-electron chi connectivity index (χ2n) is 5.12. The average molecular weight is 307 g/mol. The van der Waals surface area contributed by atoms with Gasteiger partial charge >= 0.3 is 0 Å². The van der Waals surface area contributed by atoms with Crippen molar-refractivity contribution in [1.82, 2.24) is 10.3 Å². The second kappa shape index (κ2) is 5.21. The molecule has 2 atom stereocenters. The maximum Gasteiger partial charge on any atom is 0.287 e. The van der Waals surface area contributed by atoms with Gasteiger partial charge in [-0.25, -0.2) is 8.78 Å². The predicted octanol–water partition coefficient (Wildman–Crippen LogP) is 2.49. The number of benzene rings is 1. The number of H-pyrrole nitrogens is 1. The largest absolute Gasteiger partial charge is 0.351 e. The molecule has 1 aliphatic rings. The van der Waals surface area contributed by atoms with E-state index < -0.39 is 22.5 Å². The normalized spacial score (nSPS) is 19.7. The van der Waals surface area contributed by atoms with Crippen LogP contribution in [0.4, 0.5) is 14.5 Å². The van der Waals surface area contributed by atoms with E-state index in [1.54, 1.807) is 0 Å². The number of rotatable bonds is 4. The number of halogens is 2. The van der Waals surface area contributed by atoms with Gasteiger partial charge in [0.05, 0.1) is 11.1 Å². The van der Waals surface area contributed by atoms with Crippen molar-refractivity contribution in [1.29, 1.82) is 0 Å². The van der Waals surface area contributed by atoms with Crippen LogP contribution in [0.3, 0.4) is 0 Å². The summed E-state index contributed by atoms with van der Waals surface area (Å²) in [5, 5.41) is 13.2. The van der Waals surface area contributed by atoms with Crippen molar-refractivity contribution in [2.24, 2.45) is 0 Å². The Bertz CT molecular complexity index is 760. The Morgan fingerprint density at radius 3 is 2.77 bits per heavy atom. The number of nitrogens with one attached hydrogen (secondary N) is 2. The van der Waals surface area contributed by atoms with Gasteiger partial charge in [0.1, 0.15) is 17.3 Å². The highest BCUT2D eigenvalue weighted by Crippen LogP contribution is 2.42. The third kappa shape index (κ3) is 2.67. The molecule has 0 aliphatic heterocycles.